The number of ether oxygens (including phenoxy) is 1. The number of amides is 1. The van der Waals surface area contributed by atoms with Gasteiger partial charge in [0.1, 0.15) is 12.3 Å². The number of fused-ring (bicyclic) bond motifs is 1. The number of hydrogen-bond acceptors (Lipinski definition) is 2. The molecule has 4 nitrogen and oxygen atoms in total. The highest BCUT2D eigenvalue weighted by Crippen LogP contribution is 2.27. The van der Waals surface area contributed by atoms with E-state index in [2.05, 4.69) is 25.2 Å². The molecule has 1 aliphatic rings. The van der Waals surface area contributed by atoms with Gasteiger partial charge in [0.25, 0.3) is 5.91 Å². The lowest BCUT2D eigenvalue weighted by atomic mass is 10.1. The number of hydrogen-bond donors (Lipinski definition) is 1. The minimum atomic E-state index is -0.0849. The summed E-state index contributed by atoms with van der Waals surface area (Å²) in [6, 6.07) is 16.2. The molecule has 0 radical (unpaired) electrons. The average Bonchev–Trinajstić information content (AvgIpc) is 3.05. The Balaban J connectivity index is 1.67. The second-order valence-electron chi connectivity index (χ2n) is 6.46. The lowest BCUT2D eigenvalue weighted by molar-refractivity contribution is -0.908. The van der Waals surface area contributed by atoms with Crippen molar-refractivity contribution in [2.24, 2.45) is 0 Å². The highest BCUT2D eigenvalue weighted by molar-refractivity contribution is 5.97. The fourth-order valence-electron chi connectivity index (χ4n) is 3.23. The van der Waals surface area contributed by atoms with Crippen LogP contribution in [-0.4, -0.2) is 32.7 Å². The molecule has 4 heteroatoms. The van der Waals surface area contributed by atoms with Crippen molar-refractivity contribution < 1.29 is 14.4 Å². The fourth-order valence-corrected chi connectivity index (χ4v) is 3.23. The van der Waals surface area contributed by atoms with E-state index in [1.54, 1.807) is 7.11 Å². The number of carbonyl (C=O) groups excluding carboxylic acids is 1. The molecule has 1 aliphatic heterocycles. The lowest BCUT2D eigenvalue weighted by Crippen LogP contribution is -3.12. The van der Waals surface area contributed by atoms with Gasteiger partial charge < -0.3 is 14.5 Å². The van der Waals surface area contributed by atoms with Crippen molar-refractivity contribution in [1.29, 1.82) is 0 Å². The molecule has 2 atom stereocenters. The fraction of sp³-hybridized carbons (Fsp3) is 0.350. The minimum Gasteiger partial charge on any atom is -0.497 e. The van der Waals surface area contributed by atoms with Crippen LogP contribution in [0.15, 0.2) is 48.5 Å². The summed E-state index contributed by atoms with van der Waals surface area (Å²) in [6.45, 7) is 3.62. The van der Waals surface area contributed by atoms with Gasteiger partial charge in [-0.15, -0.1) is 0 Å². The maximum absolute atomic E-state index is 12.9. The topological polar surface area (TPSA) is 34.0 Å². The molecule has 126 valence electrons. The third-order valence-corrected chi connectivity index (χ3v) is 4.90. The zero-order chi connectivity index (χ0) is 17.1. The van der Waals surface area contributed by atoms with Crippen molar-refractivity contribution in [1.82, 2.24) is 0 Å². The van der Waals surface area contributed by atoms with E-state index in [9.17, 15) is 4.79 Å². The summed E-state index contributed by atoms with van der Waals surface area (Å²) in [4.78, 5) is 16.1. The van der Waals surface area contributed by atoms with Crippen molar-refractivity contribution in [2.75, 3.05) is 25.6 Å². The standard InChI is InChI=1S/C20H24N2O2/c1-15(21(2)14-16-8-10-18(24-3)11-9-16)20(23)22-13-12-17-6-4-5-7-19(17)22/h4-11,15H,12-14H2,1-3H3/p+1/t15-/m1/s1. The van der Waals surface area contributed by atoms with Crippen molar-refractivity contribution in [3.05, 3.63) is 59.7 Å². The van der Waals surface area contributed by atoms with Gasteiger partial charge in [0.2, 0.25) is 0 Å². The first-order valence-electron chi connectivity index (χ1n) is 8.44. The summed E-state index contributed by atoms with van der Waals surface area (Å²) in [6.07, 6.45) is 0.951. The molecule has 3 rings (SSSR count). The van der Waals surface area contributed by atoms with Gasteiger partial charge in [-0.25, -0.2) is 0 Å². The number of rotatable bonds is 5. The molecular weight excluding hydrogens is 300 g/mol. The third-order valence-electron chi connectivity index (χ3n) is 4.90. The molecule has 0 saturated carbocycles. The first kappa shape index (κ1) is 16.5. The molecule has 2 aromatic carbocycles. The van der Waals surface area contributed by atoms with E-state index in [0.717, 1.165) is 30.9 Å². The Kier molecular flexibility index (Phi) is 4.86. The highest BCUT2D eigenvalue weighted by Gasteiger charge is 2.31. The van der Waals surface area contributed by atoms with Crippen molar-refractivity contribution in [3.8, 4) is 5.75 Å². The number of anilines is 1. The number of likely N-dealkylation sites (N-methyl/N-ethyl adjacent to an activating group) is 1. The van der Waals surface area contributed by atoms with Crippen LogP contribution in [0.3, 0.4) is 0 Å². The molecule has 0 aliphatic carbocycles. The van der Waals surface area contributed by atoms with E-state index in [1.807, 2.05) is 42.2 Å². The molecule has 1 unspecified atom stereocenters. The summed E-state index contributed by atoms with van der Waals surface area (Å²) in [5.41, 5.74) is 3.55. The first-order valence-corrected chi connectivity index (χ1v) is 8.44. The molecule has 0 bridgehead atoms. The third kappa shape index (κ3) is 3.29. The van der Waals surface area contributed by atoms with Crippen LogP contribution in [0.5, 0.6) is 5.75 Å². The van der Waals surface area contributed by atoms with Crippen LogP contribution in [0.4, 0.5) is 5.69 Å². The van der Waals surface area contributed by atoms with E-state index < -0.39 is 0 Å². The number of methoxy groups -OCH3 is 1. The van der Waals surface area contributed by atoms with Gasteiger partial charge in [0.15, 0.2) is 6.04 Å². The van der Waals surface area contributed by atoms with Crippen molar-refractivity contribution in [3.63, 3.8) is 0 Å². The van der Waals surface area contributed by atoms with Gasteiger partial charge in [0, 0.05) is 17.8 Å². The lowest BCUT2D eigenvalue weighted by Gasteiger charge is -2.26. The van der Waals surface area contributed by atoms with Crippen LogP contribution in [0, 0.1) is 0 Å². The molecule has 0 spiro atoms. The maximum atomic E-state index is 12.9. The Morgan fingerprint density at radius 3 is 2.62 bits per heavy atom. The monoisotopic (exact) mass is 325 g/mol. The van der Waals surface area contributed by atoms with Crippen LogP contribution in [-0.2, 0) is 17.8 Å². The summed E-state index contributed by atoms with van der Waals surface area (Å²) in [7, 11) is 3.75. The predicted octanol–water partition coefficient (Wildman–Crippen LogP) is 1.69. The number of benzene rings is 2. The van der Waals surface area contributed by atoms with E-state index in [1.165, 1.54) is 16.0 Å². The van der Waals surface area contributed by atoms with Crippen LogP contribution in [0.2, 0.25) is 0 Å². The molecule has 1 N–H and O–H groups in total. The van der Waals surface area contributed by atoms with Crippen LogP contribution < -0.4 is 14.5 Å². The minimum absolute atomic E-state index is 0.0849. The zero-order valence-corrected chi connectivity index (χ0v) is 14.6. The van der Waals surface area contributed by atoms with E-state index in [0.29, 0.717) is 0 Å². The molecule has 1 amide bonds. The Hall–Kier alpha value is -2.33. The summed E-state index contributed by atoms with van der Waals surface area (Å²) >= 11 is 0. The Bertz CT molecular complexity index is 712. The van der Waals surface area contributed by atoms with Crippen molar-refractivity contribution >= 4 is 11.6 Å². The molecule has 0 fully saturated rings. The normalized spacial score (nSPS) is 15.7. The molecule has 0 aromatic heterocycles. The van der Waals surface area contributed by atoms with Crippen LogP contribution >= 0.6 is 0 Å². The number of carbonyl (C=O) groups is 1. The van der Waals surface area contributed by atoms with Gasteiger partial charge in [0.05, 0.1) is 14.2 Å². The summed E-state index contributed by atoms with van der Waals surface area (Å²) < 4.78 is 5.19. The molecule has 2 aromatic rings. The highest BCUT2D eigenvalue weighted by atomic mass is 16.5. The van der Waals surface area contributed by atoms with E-state index >= 15 is 0 Å². The first-order chi connectivity index (χ1) is 11.6. The number of quaternary nitrogens is 1. The van der Waals surface area contributed by atoms with Crippen LogP contribution in [0.25, 0.3) is 0 Å². The zero-order valence-electron chi connectivity index (χ0n) is 14.6. The van der Waals surface area contributed by atoms with Gasteiger partial charge in [-0.2, -0.15) is 0 Å². The number of para-hydroxylation sites is 1. The van der Waals surface area contributed by atoms with Gasteiger partial charge in [-0.05, 0) is 49.2 Å². The largest absolute Gasteiger partial charge is 0.497 e. The Morgan fingerprint density at radius 1 is 1.21 bits per heavy atom. The van der Waals surface area contributed by atoms with Crippen LogP contribution in [0.1, 0.15) is 18.1 Å². The SMILES string of the molecule is COc1ccc(C[NH+](C)[C@H](C)C(=O)N2CCc3ccccc32)cc1. The Labute approximate surface area is 143 Å². The average molecular weight is 325 g/mol. The van der Waals surface area contributed by atoms with E-state index in [4.69, 9.17) is 4.74 Å². The smallest absolute Gasteiger partial charge is 0.284 e. The second-order valence-corrected chi connectivity index (χ2v) is 6.46. The molecular formula is C20H25N2O2+. The molecule has 24 heavy (non-hydrogen) atoms. The van der Waals surface area contributed by atoms with Gasteiger partial charge >= 0.3 is 0 Å². The summed E-state index contributed by atoms with van der Waals surface area (Å²) in [5, 5.41) is 0. The molecule has 1 heterocycles. The predicted molar refractivity (Wildman–Crippen MR) is 95.5 cm³/mol. The second kappa shape index (κ2) is 7.05. The van der Waals surface area contributed by atoms with E-state index in [-0.39, 0.29) is 11.9 Å². The number of nitrogens with zero attached hydrogens (tertiary/aromatic N) is 1. The molecule has 0 saturated heterocycles. The van der Waals surface area contributed by atoms with Crippen molar-refractivity contribution in [2.45, 2.75) is 25.9 Å². The Morgan fingerprint density at radius 2 is 1.92 bits per heavy atom. The van der Waals surface area contributed by atoms with Gasteiger partial charge in [-0.1, -0.05) is 18.2 Å². The number of nitrogens with one attached hydrogen (secondary N) is 1. The van der Waals surface area contributed by atoms with Gasteiger partial charge in [-0.3, -0.25) is 4.79 Å². The maximum Gasteiger partial charge on any atom is 0.284 e. The summed E-state index contributed by atoms with van der Waals surface area (Å²) in [5.74, 6) is 1.06. The quantitative estimate of drug-likeness (QED) is 0.908.